The van der Waals surface area contributed by atoms with Crippen LogP contribution in [0.2, 0.25) is 0 Å². The highest BCUT2D eigenvalue weighted by Crippen LogP contribution is 2.10. The summed E-state index contributed by atoms with van der Waals surface area (Å²) in [6.07, 6.45) is 0.801. The van der Waals surface area contributed by atoms with Gasteiger partial charge in [-0.25, -0.2) is 13.1 Å². The van der Waals surface area contributed by atoms with E-state index in [1.54, 1.807) is 0 Å². The van der Waals surface area contributed by atoms with E-state index in [2.05, 4.69) is 4.72 Å². The first kappa shape index (κ1) is 13.7. The van der Waals surface area contributed by atoms with Gasteiger partial charge in [-0.2, -0.15) is 5.26 Å². The quantitative estimate of drug-likeness (QED) is 0.869. The molecule has 5 heteroatoms. The van der Waals surface area contributed by atoms with E-state index in [4.69, 9.17) is 5.26 Å². The average Bonchev–Trinajstić information content (AvgIpc) is 2.28. The van der Waals surface area contributed by atoms with E-state index in [1.807, 2.05) is 19.9 Å². The summed E-state index contributed by atoms with van der Waals surface area (Å²) < 4.78 is 26.2. The molecule has 0 unspecified atom stereocenters. The Kier molecular flexibility index (Phi) is 4.67. The first-order valence-electron chi connectivity index (χ1n) is 5.45. The maximum absolute atomic E-state index is 11.8. The monoisotopic (exact) mass is 252 g/mol. The summed E-state index contributed by atoms with van der Waals surface area (Å²) in [7, 11) is -3.44. The highest BCUT2D eigenvalue weighted by molar-refractivity contribution is 7.89. The molecule has 0 aliphatic rings. The number of hydrogen-bond donors (Lipinski definition) is 1. The van der Waals surface area contributed by atoms with E-state index >= 15 is 0 Å². The molecule has 0 aliphatic heterocycles. The third kappa shape index (κ3) is 4.17. The molecule has 0 bridgehead atoms. The van der Waals surface area contributed by atoms with Crippen molar-refractivity contribution in [3.63, 3.8) is 0 Å². The highest BCUT2D eigenvalue weighted by Gasteiger charge is 2.12. The fraction of sp³-hybridized carbons (Fsp3) is 0.417. The lowest BCUT2D eigenvalue weighted by molar-refractivity contribution is 0.551. The van der Waals surface area contributed by atoms with Crippen molar-refractivity contribution >= 4 is 10.0 Å². The summed E-state index contributed by atoms with van der Waals surface area (Å²) in [4.78, 5) is 0.195. The summed E-state index contributed by atoms with van der Waals surface area (Å²) in [5, 5.41) is 8.62. The van der Waals surface area contributed by atoms with Crippen LogP contribution >= 0.6 is 0 Å². The van der Waals surface area contributed by atoms with Crippen LogP contribution in [0, 0.1) is 17.2 Å². The Balaban J connectivity index is 2.73. The van der Waals surface area contributed by atoms with Gasteiger partial charge >= 0.3 is 0 Å². The number of benzene rings is 1. The number of nitrogens with one attached hydrogen (secondary N) is 1. The molecule has 92 valence electrons. The molecule has 0 aliphatic carbocycles. The molecule has 0 atom stereocenters. The first-order chi connectivity index (χ1) is 7.95. The van der Waals surface area contributed by atoms with Gasteiger partial charge in [0.1, 0.15) is 0 Å². The number of rotatable bonds is 5. The molecule has 1 aromatic carbocycles. The van der Waals surface area contributed by atoms with Crippen molar-refractivity contribution in [3.8, 4) is 6.07 Å². The second kappa shape index (κ2) is 5.80. The zero-order valence-electron chi connectivity index (χ0n) is 9.97. The Hall–Kier alpha value is -1.38. The summed E-state index contributed by atoms with van der Waals surface area (Å²) in [6, 6.07) is 7.82. The predicted octanol–water partition coefficient (Wildman–Crippen LogP) is 1.88. The molecular formula is C12H16N2O2S. The molecule has 1 rings (SSSR count). The predicted molar refractivity (Wildman–Crippen MR) is 65.8 cm³/mol. The minimum Gasteiger partial charge on any atom is -0.211 e. The lowest BCUT2D eigenvalue weighted by Gasteiger charge is -2.08. The van der Waals surface area contributed by atoms with E-state index in [1.165, 1.54) is 24.3 Å². The van der Waals surface area contributed by atoms with Crippen molar-refractivity contribution in [2.24, 2.45) is 5.92 Å². The smallest absolute Gasteiger partial charge is 0.211 e. The molecule has 4 nitrogen and oxygen atoms in total. The molecule has 0 aromatic heterocycles. The van der Waals surface area contributed by atoms with Crippen molar-refractivity contribution in [1.82, 2.24) is 4.72 Å². The summed E-state index contributed by atoms with van der Waals surface area (Å²) in [5.41, 5.74) is 0.450. The normalized spacial score (nSPS) is 11.4. The standard InChI is InChI=1S/C12H16N2O2S/c1-10(2)7-8-14-17(15,16)12-5-3-11(9-13)4-6-12/h3-6,10,14H,7-8H2,1-2H3. The van der Waals surface area contributed by atoms with Crippen molar-refractivity contribution < 1.29 is 8.42 Å². The van der Waals surface area contributed by atoms with Crippen LogP contribution in [0.5, 0.6) is 0 Å². The Morgan fingerprint density at radius 2 is 1.88 bits per heavy atom. The van der Waals surface area contributed by atoms with E-state index in [-0.39, 0.29) is 4.90 Å². The third-order valence-electron chi connectivity index (χ3n) is 2.31. The van der Waals surface area contributed by atoms with Gasteiger partial charge < -0.3 is 0 Å². The molecule has 0 saturated carbocycles. The van der Waals surface area contributed by atoms with Gasteiger partial charge in [-0.05, 0) is 36.6 Å². The molecule has 0 saturated heterocycles. The van der Waals surface area contributed by atoms with Crippen LogP contribution in [-0.2, 0) is 10.0 Å². The summed E-state index contributed by atoms with van der Waals surface area (Å²) in [5.74, 6) is 0.457. The van der Waals surface area contributed by atoms with Crippen molar-refractivity contribution in [2.75, 3.05) is 6.54 Å². The molecule has 0 amide bonds. The van der Waals surface area contributed by atoms with E-state index in [0.717, 1.165) is 6.42 Å². The van der Waals surface area contributed by atoms with Crippen LogP contribution in [-0.4, -0.2) is 15.0 Å². The Labute approximate surface area is 102 Å². The molecule has 17 heavy (non-hydrogen) atoms. The van der Waals surface area contributed by atoms with Gasteiger partial charge in [-0.3, -0.25) is 0 Å². The third-order valence-corrected chi connectivity index (χ3v) is 3.78. The zero-order chi connectivity index (χ0) is 12.9. The maximum atomic E-state index is 11.8. The SMILES string of the molecule is CC(C)CCNS(=O)(=O)c1ccc(C#N)cc1. The van der Waals surface area contributed by atoms with Crippen LogP contribution in [0.15, 0.2) is 29.2 Å². The van der Waals surface area contributed by atoms with Gasteiger partial charge in [0.05, 0.1) is 16.5 Å². The maximum Gasteiger partial charge on any atom is 0.240 e. The molecular weight excluding hydrogens is 236 g/mol. The van der Waals surface area contributed by atoms with Crippen LogP contribution in [0.3, 0.4) is 0 Å². The van der Waals surface area contributed by atoms with Gasteiger partial charge in [0.2, 0.25) is 10.0 Å². The van der Waals surface area contributed by atoms with Gasteiger partial charge in [-0.1, -0.05) is 13.8 Å². The topological polar surface area (TPSA) is 70.0 Å². The summed E-state index contributed by atoms with van der Waals surface area (Å²) >= 11 is 0. The second-order valence-corrected chi connectivity index (χ2v) is 5.98. The lowest BCUT2D eigenvalue weighted by Crippen LogP contribution is -2.25. The molecule has 0 spiro atoms. The Morgan fingerprint density at radius 3 is 2.35 bits per heavy atom. The van der Waals surface area contributed by atoms with Gasteiger partial charge in [0.15, 0.2) is 0 Å². The number of nitrogens with zero attached hydrogens (tertiary/aromatic N) is 1. The van der Waals surface area contributed by atoms with Crippen molar-refractivity contribution in [3.05, 3.63) is 29.8 Å². The number of hydrogen-bond acceptors (Lipinski definition) is 3. The van der Waals surface area contributed by atoms with Crippen LogP contribution in [0.25, 0.3) is 0 Å². The van der Waals surface area contributed by atoms with Gasteiger partial charge in [0, 0.05) is 6.54 Å². The minimum atomic E-state index is -3.44. The fourth-order valence-electron chi connectivity index (χ4n) is 1.27. The fourth-order valence-corrected chi connectivity index (χ4v) is 2.32. The van der Waals surface area contributed by atoms with E-state index in [9.17, 15) is 8.42 Å². The molecule has 0 radical (unpaired) electrons. The molecule has 1 N–H and O–H groups in total. The zero-order valence-corrected chi connectivity index (χ0v) is 10.8. The minimum absolute atomic E-state index is 0.195. The Bertz CT molecular complexity index is 498. The molecule has 0 fully saturated rings. The van der Waals surface area contributed by atoms with Crippen LogP contribution < -0.4 is 4.72 Å². The number of sulfonamides is 1. The van der Waals surface area contributed by atoms with Crippen molar-refractivity contribution in [2.45, 2.75) is 25.2 Å². The Morgan fingerprint density at radius 1 is 1.29 bits per heavy atom. The van der Waals surface area contributed by atoms with Gasteiger partial charge in [-0.15, -0.1) is 0 Å². The van der Waals surface area contributed by atoms with E-state index < -0.39 is 10.0 Å². The second-order valence-electron chi connectivity index (χ2n) is 4.22. The molecule has 1 aromatic rings. The van der Waals surface area contributed by atoms with Crippen LogP contribution in [0.4, 0.5) is 0 Å². The van der Waals surface area contributed by atoms with E-state index in [0.29, 0.717) is 18.0 Å². The summed E-state index contributed by atoms with van der Waals surface area (Å²) in [6.45, 7) is 4.51. The number of nitriles is 1. The lowest BCUT2D eigenvalue weighted by atomic mass is 10.1. The highest BCUT2D eigenvalue weighted by atomic mass is 32.2. The first-order valence-corrected chi connectivity index (χ1v) is 6.94. The largest absolute Gasteiger partial charge is 0.240 e. The molecule has 0 heterocycles. The van der Waals surface area contributed by atoms with Gasteiger partial charge in [0.25, 0.3) is 0 Å². The van der Waals surface area contributed by atoms with Crippen LogP contribution in [0.1, 0.15) is 25.8 Å². The average molecular weight is 252 g/mol. The van der Waals surface area contributed by atoms with Crippen molar-refractivity contribution in [1.29, 1.82) is 5.26 Å².